The molecule has 0 atom stereocenters. The maximum atomic E-state index is 2.18. The number of halogens is 1. The van der Waals surface area contributed by atoms with Gasteiger partial charge in [0.05, 0.1) is 0 Å². The van der Waals surface area contributed by atoms with E-state index in [1.807, 2.05) is 0 Å². The smallest absolute Gasteiger partial charge is 0.139 e. The predicted octanol–water partition coefficient (Wildman–Crippen LogP) is 1.02. The van der Waals surface area contributed by atoms with Crippen molar-refractivity contribution in [3.63, 3.8) is 0 Å². The van der Waals surface area contributed by atoms with Crippen LogP contribution >= 0.6 is 0 Å². The van der Waals surface area contributed by atoms with Crippen LogP contribution in [0, 0.1) is 20.8 Å². The predicted molar refractivity (Wildman–Crippen MR) is 51.3 cm³/mol. The van der Waals surface area contributed by atoms with Crippen molar-refractivity contribution in [2.45, 2.75) is 20.8 Å². The fourth-order valence-corrected chi connectivity index (χ4v) is 1.09. The number of aryl methyl sites for hydroxylation is 1. The van der Waals surface area contributed by atoms with Crippen molar-refractivity contribution in [3.8, 4) is 0 Å². The summed E-state index contributed by atoms with van der Waals surface area (Å²) in [6.07, 6.45) is 0. The van der Waals surface area contributed by atoms with Crippen molar-refractivity contribution in [2.75, 3.05) is 0 Å². The molecule has 0 N–H and O–H groups in total. The Balaban J connectivity index is 0.000001000. The minimum atomic E-state index is 0. The third-order valence-corrected chi connectivity index (χ3v) is 2.33. The molecule has 0 fully saturated rings. The molecule has 0 spiro atoms. The molecule has 0 aliphatic heterocycles. The molecule has 0 aliphatic carbocycles. The molecule has 0 bridgehead atoms. The Morgan fingerprint density at radius 1 is 1.00 bits per heavy atom. The van der Waals surface area contributed by atoms with Gasteiger partial charge in [0.15, 0.2) is 0 Å². The van der Waals surface area contributed by atoms with Crippen LogP contribution < -0.4 is 5.46 Å². The standard InChI is InChI=1S/C9H13B.FH/c1-6-4-5-9(10)8(3)7(6)2;/h4-5H,10H2,1-3H3;1H. The van der Waals surface area contributed by atoms with Crippen LogP contribution in [0.15, 0.2) is 12.1 Å². The van der Waals surface area contributed by atoms with Gasteiger partial charge < -0.3 is 0 Å². The van der Waals surface area contributed by atoms with E-state index in [0.717, 1.165) is 0 Å². The molecule has 60 valence electrons. The maximum absolute atomic E-state index is 2.18. The van der Waals surface area contributed by atoms with E-state index in [9.17, 15) is 0 Å². The van der Waals surface area contributed by atoms with Crippen LogP contribution in [0.5, 0.6) is 0 Å². The van der Waals surface area contributed by atoms with Crippen molar-refractivity contribution < 1.29 is 4.70 Å². The van der Waals surface area contributed by atoms with Crippen molar-refractivity contribution in [3.05, 3.63) is 28.8 Å². The van der Waals surface area contributed by atoms with Gasteiger partial charge in [-0.05, 0) is 31.9 Å². The lowest BCUT2D eigenvalue weighted by atomic mass is 9.87. The van der Waals surface area contributed by atoms with Gasteiger partial charge in [-0.1, -0.05) is 23.2 Å². The van der Waals surface area contributed by atoms with Crippen LogP contribution in [-0.4, -0.2) is 7.85 Å². The highest BCUT2D eigenvalue weighted by Crippen LogP contribution is 2.07. The molecule has 0 unspecified atom stereocenters. The number of benzene rings is 1. The quantitative estimate of drug-likeness (QED) is 0.487. The highest BCUT2D eigenvalue weighted by atomic mass is 19.0. The molecule has 1 aromatic carbocycles. The normalized spacial score (nSPS) is 9.00. The number of hydrogen-bond donors (Lipinski definition) is 0. The highest BCUT2D eigenvalue weighted by Gasteiger charge is 1.97. The second kappa shape index (κ2) is 3.56. The third-order valence-electron chi connectivity index (χ3n) is 2.33. The zero-order valence-corrected chi connectivity index (χ0v) is 7.56. The first-order chi connectivity index (χ1) is 4.63. The largest absolute Gasteiger partial charge is 0.269 e. The lowest BCUT2D eigenvalue weighted by Crippen LogP contribution is -2.08. The Bertz CT molecular complexity index is 229. The van der Waals surface area contributed by atoms with Crippen molar-refractivity contribution in [1.82, 2.24) is 0 Å². The van der Waals surface area contributed by atoms with E-state index in [1.165, 1.54) is 22.2 Å². The van der Waals surface area contributed by atoms with E-state index >= 15 is 0 Å². The zero-order valence-electron chi connectivity index (χ0n) is 7.56. The van der Waals surface area contributed by atoms with Gasteiger partial charge in [0.2, 0.25) is 0 Å². The average molecular weight is 152 g/mol. The van der Waals surface area contributed by atoms with E-state index in [1.54, 1.807) is 0 Å². The summed E-state index contributed by atoms with van der Waals surface area (Å²) in [7, 11) is 2.15. The number of rotatable bonds is 0. The fourth-order valence-electron chi connectivity index (χ4n) is 1.09. The zero-order chi connectivity index (χ0) is 7.72. The van der Waals surface area contributed by atoms with Crippen LogP contribution in [0.3, 0.4) is 0 Å². The summed E-state index contributed by atoms with van der Waals surface area (Å²) in [5.41, 5.74) is 5.64. The second-order valence-corrected chi connectivity index (χ2v) is 2.95. The van der Waals surface area contributed by atoms with Gasteiger partial charge in [-0.15, -0.1) is 0 Å². The molecule has 1 rings (SSSR count). The molecule has 0 heterocycles. The number of hydrogen-bond acceptors (Lipinski definition) is 0. The maximum Gasteiger partial charge on any atom is 0.139 e. The van der Waals surface area contributed by atoms with Gasteiger partial charge in [-0.2, -0.15) is 0 Å². The summed E-state index contributed by atoms with van der Waals surface area (Å²) in [6.45, 7) is 6.51. The summed E-state index contributed by atoms with van der Waals surface area (Å²) in [4.78, 5) is 0. The average Bonchev–Trinajstić information content (AvgIpc) is 1.93. The van der Waals surface area contributed by atoms with E-state index in [4.69, 9.17) is 0 Å². The molecule has 1 aromatic rings. The molecule has 0 amide bonds. The molecule has 11 heavy (non-hydrogen) atoms. The first-order valence-electron chi connectivity index (χ1n) is 3.66. The lowest BCUT2D eigenvalue weighted by Gasteiger charge is -2.06. The molecule has 0 aromatic heterocycles. The molecule has 2 heteroatoms. The van der Waals surface area contributed by atoms with Gasteiger partial charge in [0.25, 0.3) is 0 Å². The Morgan fingerprint density at radius 2 is 1.55 bits per heavy atom. The van der Waals surface area contributed by atoms with Gasteiger partial charge in [-0.25, -0.2) is 0 Å². The van der Waals surface area contributed by atoms with E-state index in [2.05, 4.69) is 40.8 Å². The molecular formula is C9H14BF. The third kappa shape index (κ3) is 1.82. The van der Waals surface area contributed by atoms with E-state index in [0.29, 0.717) is 0 Å². The van der Waals surface area contributed by atoms with Crippen molar-refractivity contribution in [2.24, 2.45) is 0 Å². The topological polar surface area (TPSA) is 0 Å². The molecule has 0 nitrogen and oxygen atoms in total. The summed E-state index contributed by atoms with van der Waals surface area (Å²) in [5.74, 6) is 0. The van der Waals surface area contributed by atoms with Gasteiger partial charge in [-0.3, -0.25) is 4.70 Å². The summed E-state index contributed by atoms with van der Waals surface area (Å²) in [5, 5.41) is 0. The highest BCUT2D eigenvalue weighted by molar-refractivity contribution is 6.33. The fraction of sp³-hybridized carbons (Fsp3) is 0.333. The Labute approximate surface area is 68.4 Å². The summed E-state index contributed by atoms with van der Waals surface area (Å²) >= 11 is 0. The SMILES string of the molecule is Bc1ccc(C)c(C)c1C.F. The monoisotopic (exact) mass is 152 g/mol. The first-order valence-corrected chi connectivity index (χ1v) is 3.66. The summed E-state index contributed by atoms with van der Waals surface area (Å²) in [6, 6.07) is 4.36. The molecule has 0 saturated heterocycles. The second-order valence-electron chi connectivity index (χ2n) is 2.95. The minimum absolute atomic E-state index is 0. The first kappa shape index (κ1) is 10.2. The van der Waals surface area contributed by atoms with Crippen LogP contribution in [0.4, 0.5) is 4.70 Å². The van der Waals surface area contributed by atoms with Crippen LogP contribution in [-0.2, 0) is 0 Å². The molecular weight excluding hydrogens is 138 g/mol. The van der Waals surface area contributed by atoms with Gasteiger partial charge in [0, 0.05) is 0 Å². The van der Waals surface area contributed by atoms with E-state index in [-0.39, 0.29) is 4.70 Å². The lowest BCUT2D eigenvalue weighted by molar-refractivity contribution is 1.11. The summed E-state index contributed by atoms with van der Waals surface area (Å²) < 4.78 is 0. The molecule has 0 radical (unpaired) electrons. The molecule has 0 saturated carbocycles. The Hall–Kier alpha value is -0.785. The van der Waals surface area contributed by atoms with Crippen LogP contribution in [0.1, 0.15) is 16.7 Å². The van der Waals surface area contributed by atoms with Crippen molar-refractivity contribution in [1.29, 1.82) is 0 Å². The molecule has 0 aliphatic rings. The Kier molecular flexibility index (Phi) is 3.31. The minimum Gasteiger partial charge on any atom is -0.269 e. The van der Waals surface area contributed by atoms with Crippen LogP contribution in [0.25, 0.3) is 0 Å². The van der Waals surface area contributed by atoms with Gasteiger partial charge >= 0.3 is 0 Å². The van der Waals surface area contributed by atoms with Crippen LogP contribution in [0.2, 0.25) is 0 Å². The van der Waals surface area contributed by atoms with Gasteiger partial charge in [0.1, 0.15) is 7.85 Å². The van der Waals surface area contributed by atoms with E-state index < -0.39 is 0 Å². The van der Waals surface area contributed by atoms with Crippen molar-refractivity contribution >= 4 is 13.3 Å². The Morgan fingerprint density at radius 3 is 2.00 bits per heavy atom.